The number of nitrogens with one attached hydrogen (secondary N) is 2. The van der Waals surface area contributed by atoms with E-state index in [0.29, 0.717) is 5.92 Å². The van der Waals surface area contributed by atoms with Crippen molar-refractivity contribution in [2.45, 2.75) is 46.8 Å². The highest BCUT2D eigenvalue weighted by Crippen LogP contribution is 2.02. The van der Waals surface area contributed by atoms with Gasteiger partial charge in [-0.1, -0.05) is 13.8 Å². The molecule has 18 heavy (non-hydrogen) atoms. The van der Waals surface area contributed by atoms with Crippen LogP contribution in [0.2, 0.25) is 0 Å². The molecule has 0 bridgehead atoms. The summed E-state index contributed by atoms with van der Waals surface area (Å²) in [7, 11) is 0. The van der Waals surface area contributed by atoms with Gasteiger partial charge in [0.05, 0.1) is 6.04 Å². The fourth-order valence-electron chi connectivity index (χ4n) is 1.73. The van der Waals surface area contributed by atoms with Crippen LogP contribution in [0.1, 0.15) is 33.4 Å². The molecule has 4 heteroatoms. The van der Waals surface area contributed by atoms with Crippen molar-refractivity contribution >= 4 is 5.91 Å². The lowest BCUT2D eigenvalue weighted by molar-refractivity contribution is -0.122. The summed E-state index contributed by atoms with van der Waals surface area (Å²) in [5.41, 5.74) is 1.21. The van der Waals surface area contributed by atoms with Crippen LogP contribution in [0.3, 0.4) is 0 Å². The van der Waals surface area contributed by atoms with Crippen molar-refractivity contribution in [3.8, 4) is 0 Å². The largest absolute Gasteiger partial charge is 0.354 e. The molecule has 1 rings (SSSR count). The summed E-state index contributed by atoms with van der Waals surface area (Å²) in [6, 6.07) is 3.95. The molecule has 2 N–H and O–H groups in total. The van der Waals surface area contributed by atoms with Crippen molar-refractivity contribution in [1.29, 1.82) is 0 Å². The van der Waals surface area contributed by atoms with Gasteiger partial charge in [-0.2, -0.15) is 0 Å². The van der Waals surface area contributed by atoms with Crippen molar-refractivity contribution in [2.75, 3.05) is 6.54 Å². The molecule has 1 amide bonds. The van der Waals surface area contributed by atoms with Gasteiger partial charge in [0.2, 0.25) is 5.91 Å². The van der Waals surface area contributed by atoms with Crippen LogP contribution in [0.25, 0.3) is 0 Å². The van der Waals surface area contributed by atoms with E-state index in [0.717, 1.165) is 19.6 Å². The predicted molar refractivity (Wildman–Crippen MR) is 74.3 cm³/mol. The molecule has 0 fully saturated rings. The third-order valence-electron chi connectivity index (χ3n) is 2.93. The Hall–Kier alpha value is -1.29. The highest BCUT2D eigenvalue weighted by atomic mass is 16.2. The monoisotopic (exact) mass is 251 g/mol. The molecular weight excluding hydrogens is 226 g/mol. The normalized spacial score (nSPS) is 12.7. The number of carbonyl (C=O) groups excluding carboxylic acids is 1. The summed E-state index contributed by atoms with van der Waals surface area (Å²) in [5, 5.41) is 6.18. The molecule has 0 saturated heterocycles. The van der Waals surface area contributed by atoms with Crippen LogP contribution in [-0.4, -0.2) is 23.1 Å². The van der Waals surface area contributed by atoms with E-state index in [4.69, 9.17) is 0 Å². The molecular formula is C14H25N3O. The van der Waals surface area contributed by atoms with E-state index in [9.17, 15) is 4.79 Å². The molecule has 0 aromatic carbocycles. The number of hydrogen-bond donors (Lipinski definition) is 2. The minimum atomic E-state index is -0.163. The molecule has 0 aliphatic heterocycles. The number of aromatic nitrogens is 1. The van der Waals surface area contributed by atoms with Crippen LogP contribution >= 0.6 is 0 Å². The fourth-order valence-corrected chi connectivity index (χ4v) is 1.73. The lowest BCUT2D eigenvalue weighted by atomic mass is 10.2. The first kappa shape index (κ1) is 14.8. The van der Waals surface area contributed by atoms with Crippen LogP contribution in [0, 0.1) is 5.92 Å². The van der Waals surface area contributed by atoms with Gasteiger partial charge in [0.25, 0.3) is 0 Å². The molecule has 0 spiro atoms. The molecule has 1 aromatic rings. The Morgan fingerprint density at radius 1 is 1.39 bits per heavy atom. The first-order chi connectivity index (χ1) is 8.54. The molecule has 0 radical (unpaired) electrons. The second-order valence-electron chi connectivity index (χ2n) is 5.03. The lowest BCUT2D eigenvalue weighted by Crippen LogP contribution is -2.43. The molecule has 1 aromatic heterocycles. The zero-order valence-electron chi connectivity index (χ0n) is 11.9. The van der Waals surface area contributed by atoms with Gasteiger partial charge < -0.3 is 15.2 Å². The van der Waals surface area contributed by atoms with Crippen LogP contribution in [0.5, 0.6) is 0 Å². The van der Waals surface area contributed by atoms with Gasteiger partial charge in [0.15, 0.2) is 0 Å². The van der Waals surface area contributed by atoms with E-state index in [1.807, 2.05) is 13.0 Å². The van der Waals surface area contributed by atoms with Gasteiger partial charge in [0, 0.05) is 31.5 Å². The quantitative estimate of drug-likeness (QED) is 0.775. The van der Waals surface area contributed by atoms with Crippen LogP contribution in [0.15, 0.2) is 18.3 Å². The van der Waals surface area contributed by atoms with Crippen molar-refractivity contribution in [3.05, 3.63) is 24.0 Å². The second kappa shape index (κ2) is 7.21. The molecule has 0 aliphatic carbocycles. The molecule has 4 nitrogen and oxygen atoms in total. The lowest BCUT2D eigenvalue weighted by Gasteiger charge is -2.16. The van der Waals surface area contributed by atoms with Crippen molar-refractivity contribution in [2.24, 2.45) is 5.92 Å². The zero-order chi connectivity index (χ0) is 13.5. The highest BCUT2D eigenvalue weighted by Gasteiger charge is 2.12. The van der Waals surface area contributed by atoms with E-state index < -0.39 is 0 Å². The fraction of sp³-hybridized carbons (Fsp3) is 0.643. The number of nitrogens with zero attached hydrogens (tertiary/aromatic N) is 1. The minimum Gasteiger partial charge on any atom is -0.354 e. The molecule has 1 unspecified atom stereocenters. The SMILES string of the molecule is CCn1cccc1CNC(C)C(=O)NCC(C)C. The summed E-state index contributed by atoms with van der Waals surface area (Å²) < 4.78 is 2.17. The maximum absolute atomic E-state index is 11.8. The number of carbonyl (C=O) groups is 1. The first-order valence-electron chi connectivity index (χ1n) is 6.69. The Morgan fingerprint density at radius 2 is 2.11 bits per heavy atom. The van der Waals surface area contributed by atoms with Gasteiger partial charge in [-0.3, -0.25) is 4.79 Å². The summed E-state index contributed by atoms with van der Waals surface area (Å²) in [5.74, 6) is 0.553. The smallest absolute Gasteiger partial charge is 0.236 e. The number of hydrogen-bond acceptors (Lipinski definition) is 2. The van der Waals surface area contributed by atoms with Gasteiger partial charge in [-0.15, -0.1) is 0 Å². The van der Waals surface area contributed by atoms with Gasteiger partial charge in [-0.25, -0.2) is 0 Å². The summed E-state index contributed by atoms with van der Waals surface area (Å²) in [4.78, 5) is 11.8. The van der Waals surface area contributed by atoms with Crippen LogP contribution in [0.4, 0.5) is 0 Å². The summed E-state index contributed by atoms with van der Waals surface area (Å²) >= 11 is 0. The molecule has 102 valence electrons. The Kier molecular flexibility index (Phi) is 5.92. The minimum absolute atomic E-state index is 0.0679. The topological polar surface area (TPSA) is 46.1 Å². The molecule has 0 aliphatic rings. The molecule has 1 heterocycles. The van der Waals surface area contributed by atoms with Crippen molar-refractivity contribution in [3.63, 3.8) is 0 Å². The zero-order valence-corrected chi connectivity index (χ0v) is 11.9. The third kappa shape index (κ3) is 4.53. The summed E-state index contributed by atoms with van der Waals surface area (Å²) in [6.45, 7) is 10.6. The maximum Gasteiger partial charge on any atom is 0.236 e. The van der Waals surface area contributed by atoms with E-state index >= 15 is 0 Å². The van der Waals surface area contributed by atoms with Gasteiger partial charge >= 0.3 is 0 Å². The second-order valence-corrected chi connectivity index (χ2v) is 5.03. The Bertz CT molecular complexity index is 371. The maximum atomic E-state index is 11.8. The highest BCUT2D eigenvalue weighted by molar-refractivity contribution is 5.81. The average molecular weight is 251 g/mol. The van der Waals surface area contributed by atoms with Crippen molar-refractivity contribution in [1.82, 2.24) is 15.2 Å². The van der Waals surface area contributed by atoms with Gasteiger partial charge in [-0.05, 0) is 31.9 Å². The van der Waals surface area contributed by atoms with E-state index in [-0.39, 0.29) is 11.9 Å². The molecule has 1 atom stereocenters. The number of aryl methyl sites for hydroxylation is 1. The summed E-state index contributed by atoms with van der Waals surface area (Å²) in [6.07, 6.45) is 2.06. The Labute approximate surface area is 110 Å². The van der Waals surface area contributed by atoms with Crippen molar-refractivity contribution < 1.29 is 4.79 Å². The number of amides is 1. The van der Waals surface area contributed by atoms with Crippen LogP contribution in [-0.2, 0) is 17.9 Å². The van der Waals surface area contributed by atoms with E-state index in [2.05, 4.69) is 48.2 Å². The van der Waals surface area contributed by atoms with Crippen LogP contribution < -0.4 is 10.6 Å². The molecule has 0 saturated carbocycles. The average Bonchev–Trinajstić information content (AvgIpc) is 2.80. The predicted octanol–water partition coefficient (Wildman–Crippen LogP) is 1.76. The van der Waals surface area contributed by atoms with E-state index in [1.54, 1.807) is 0 Å². The van der Waals surface area contributed by atoms with E-state index in [1.165, 1.54) is 5.69 Å². The third-order valence-corrected chi connectivity index (χ3v) is 2.93. The van der Waals surface area contributed by atoms with Gasteiger partial charge in [0.1, 0.15) is 0 Å². The Morgan fingerprint density at radius 3 is 2.72 bits per heavy atom. The Balaban J connectivity index is 2.36. The standard InChI is InChI=1S/C14H25N3O/c1-5-17-8-6-7-13(17)10-15-12(4)14(18)16-9-11(2)3/h6-8,11-12,15H,5,9-10H2,1-4H3,(H,16,18). The number of rotatable bonds is 7. The first-order valence-corrected chi connectivity index (χ1v) is 6.69.